The molecule has 1 saturated heterocycles. The fraction of sp³-hybridized carbons (Fsp3) is 0.111. The van der Waals surface area contributed by atoms with E-state index in [0.717, 1.165) is 28.6 Å². The van der Waals surface area contributed by atoms with Crippen molar-refractivity contribution < 1.29 is 24.0 Å². The molecule has 5 rings (SSSR count). The van der Waals surface area contributed by atoms with Crippen LogP contribution in [0.4, 0.5) is 10.1 Å². The number of rotatable bonds is 6. The zero-order chi connectivity index (χ0) is 25.4. The molecule has 9 heteroatoms. The summed E-state index contributed by atoms with van der Waals surface area (Å²) in [4.78, 5) is 42.0. The topological polar surface area (TPSA) is 117 Å². The van der Waals surface area contributed by atoms with Crippen LogP contribution in [0.2, 0.25) is 0 Å². The van der Waals surface area contributed by atoms with E-state index in [1.54, 1.807) is 6.07 Å². The number of halogens is 1. The van der Waals surface area contributed by atoms with E-state index in [1.165, 1.54) is 35.2 Å². The number of likely N-dealkylation sites (tertiary alicyclic amines) is 1. The molecule has 0 spiro atoms. The minimum atomic E-state index is -1.19. The van der Waals surface area contributed by atoms with Crippen LogP contribution >= 0.6 is 0 Å². The fourth-order valence-electron chi connectivity index (χ4n) is 4.66. The first kappa shape index (κ1) is 23.0. The SMILES string of the molecule is O=C1C(=O)N(CCc2c[nH]c3ccccc23)[C@@H](c2ccccc2[N+](=O)[O-])C1=C(O)c1ccc(F)cc1. The summed E-state index contributed by atoms with van der Waals surface area (Å²) in [5, 5.41) is 23.8. The van der Waals surface area contributed by atoms with Gasteiger partial charge in [-0.2, -0.15) is 0 Å². The van der Waals surface area contributed by atoms with Gasteiger partial charge >= 0.3 is 0 Å². The highest BCUT2D eigenvalue weighted by molar-refractivity contribution is 6.46. The number of aromatic nitrogens is 1. The Bertz CT molecular complexity index is 1540. The number of hydrogen-bond donors (Lipinski definition) is 2. The lowest BCUT2D eigenvalue weighted by atomic mass is 9.94. The number of H-pyrrole nitrogens is 1. The zero-order valence-electron chi connectivity index (χ0n) is 18.8. The molecule has 1 aromatic heterocycles. The average molecular weight is 485 g/mol. The number of ketones is 1. The Kier molecular flexibility index (Phi) is 5.81. The number of nitrogens with one attached hydrogen (secondary N) is 1. The van der Waals surface area contributed by atoms with Gasteiger partial charge in [0.2, 0.25) is 0 Å². The Balaban J connectivity index is 1.62. The maximum Gasteiger partial charge on any atom is 0.295 e. The minimum absolute atomic E-state index is 0.0728. The van der Waals surface area contributed by atoms with Crippen LogP contribution in [-0.2, 0) is 16.0 Å². The lowest BCUT2D eigenvalue weighted by Gasteiger charge is -2.25. The number of carbonyl (C=O) groups is 2. The quantitative estimate of drug-likeness (QED) is 0.133. The van der Waals surface area contributed by atoms with Gasteiger partial charge in [-0.1, -0.05) is 30.3 Å². The molecular formula is C27H20FN3O5. The summed E-state index contributed by atoms with van der Waals surface area (Å²) in [6.07, 6.45) is 2.19. The van der Waals surface area contributed by atoms with Crippen molar-refractivity contribution in [2.45, 2.75) is 12.5 Å². The number of aromatic amines is 1. The van der Waals surface area contributed by atoms with E-state index in [1.807, 2.05) is 30.5 Å². The number of benzene rings is 3. The summed E-state index contributed by atoms with van der Waals surface area (Å²) in [6.45, 7) is 0.0728. The number of nitro benzene ring substituents is 1. The molecular weight excluding hydrogens is 465 g/mol. The van der Waals surface area contributed by atoms with Crippen LogP contribution in [0.15, 0.2) is 84.6 Å². The predicted molar refractivity (Wildman–Crippen MR) is 131 cm³/mol. The highest BCUT2D eigenvalue weighted by Gasteiger charge is 2.47. The molecule has 1 atom stereocenters. The lowest BCUT2D eigenvalue weighted by Crippen LogP contribution is -2.32. The van der Waals surface area contributed by atoms with E-state index >= 15 is 0 Å². The Labute approximate surface area is 204 Å². The van der Waals surface area contributed by atoms with Gasteiger partial charge in [-0.25, -0.2) is 4.39 Å². The molecule has 36 heavy (non-hydrogen) atoms. The summed E-state index contributed by atoms with van der Waals surface area (Å²) >= 11 is 0. The van der Waals surface area contributed by atoms with Crippen molar-refractivity contribution >= 4 is 34.0 Å². The second kappa shape index (κ2) is 9.10. The third kappa shape index (κ3) is 3.90. The number of nitro groups is 1. The maximum absolute atomic E-state index is 13.5. The van der Waals surface area contributed by atoms with Gasteiger partial charge in [0.25, 0.3) is 17.4 Å². The third-order valence-electron chi connectivity index (χ3n) is 6.38. The maximum atomic E-state index is 13.5. The van der Waals surface area contributed by atoms with E-state index in [2.05, 4.69) is 4.98 Å². The second-order valence-corrected chi connectivity index (χ2v) is 8.42. The van der Waals surface area contributed by atoms with Crippen LogP contribution in [0.3, 0.4) is 0 Å². The summed E-state index contributed by atoms with van der Waals surface area (Å²) in [5.41, 5.74) is 1.48. The number of aliphatic hydroxyl groups excluding tert-OH is 1. The van der Waals surface area contributed by atoms with Crippen molar-refractivity contribution in [3.8, 4) is 0 Å². The first-order valence-corrected chi connectivity index (χ1v) is 11.2. The van der Waals surface area contributed by atoms with Crippen LogP contribution in [0, 0.1) is 15.9 Å². The first-order valence-electron chi connectivity index (χ1n) is 11.2. The molecule has 1 amide bonds. The largest absolute Gasteiger partial charge is 0.507 e. The molecule has 0 radical (unpaired) electrons. The number of nitrogens with zero attached hydrogens (tertiary/aromatic N) is 2. The van der Waals surface area contributed by atoms with Crippen molar-refractivity contribution in [3.05, 3.63) is 117 Å². The Morgan fingerprint density at radius 2 is 1.72 bits per heavy atom. The van der Waals surface area contributed by atoms with Crippen LogP contribution in [-0.4, -0.2) is 38.1 Å². The standard InChI is InChI=1S/C27H20FN3O5/c28-18-11-9-16(10-12-18)25(32)23-24(20-6-2-4-8-22(20)31(35)36)30(27(34)26(23)33)14-13-17-15-29-21-7-3-1-5-19(17)21/h1-12,15,24,29,32H,13-14H2/t24-/m0/s1. The van der Waals surface area contributed by atoms with Gasteiger partial charge in [0.1, 0.15) is 11.6 Å². The summed E-state index contributed by atoms with van der Waals surface area (Å²) in [6, 6.07) is 17.0. The molecule has 8 nitrogen and oxygen atoms in total. The van der Waals surface area contributed by atoms with Crippen LogP contribution < -0.4 is 0 Å². The van der Waals surface area contributed by atoms with Crippen molar-refractivity contribution in [1.29, 1.82) is 0 Å². The number of para-hydroxylation sites is 2. The monoisotopic (exact) mass is 485 g/mol. The van der Waals surface area contributed by atoms with Crippen molar-refractivity contribution in [3.63, 3.8) is 0 Å². The van der Waals surface area contributed by atoms with Gasteiger partial charge in [-0.05, 0) is 48.4 Å². The van der Waals surface area contributed by atoms with Crippen molar-refractivity contribution in [1.82, 2.24) is 9.88 Å². The third-order valence-corrected chi connectivity index (χ3v) is 6.38. The van der Waals surface area contributed by atoms with Crippen LogP contribution in [0.5, 0.6) is 0 Å². The van der Waals surface area contributed by atoms with Gasteiger partial charge in [-0.15, -0.1) is 0 Å². The number of amides is 1. The normalized spacial score (nSPS) is 17.1. The highest BCUT2D eigenvalue weighted by atomic mass is 19.1. The van der Waals surface area contributed by atoms with E-state index in [4.69, 9.17) is 0 Å². The molecule has 0 unspecified atom stereocenters. The molecule has 1 aliphatic rings. The van der Waals surface area contributed by atoms with E-state index in [0.29, 0.717) is 6.42 Å². The molecule has 1 fully saturated rings. The molecule has 2 heterocycles. The minimum Gasteiger partial charge on any atom is -0.507 e. The number of carbonyl (C=O) groups excluding carboxylic acids is 2. The second-order valence-electron chi connectivity index (χ2n) is 8.42. The smallest absolute Gasteiger partial charge is 0.295 e. The van der Waals surface area contributed by atoms with E-state index in [9.17, 15) is 29.2 Å². The molecule has 1 aliphatic heterocycles. The molecule has 0 saturated carbocycles. The summed E-state index contributed by atoms with van der Waals surface area (Å²) in [5.74, 6) is -2.90. The molecule has 0 bridgehead atoms. The zero-order valence-corrected chi connectivity index (χ0v) is 18.8. The van der Waals surface area contributed by atoms with Gasteiger partial charge in [0.05, 0.1) is 22.1 Å². The Morgan fingerprint density at radius 3 is 2.47 bits per heavy atom. The molecule has 3 aromatic carbocycles. The summed E-state index contributed by atoms with van der Waals surface area (Å²) < 4.78 is 13.5. The van der Waals surface area contributed by atoms with E-state index < -0.39 is 34.2 Å². The highest BCUT2D eigenvalue weighted by Crippen LogP contribution is 2.42. The lowest BCUT2D eigenvalue weighted by molar-refractivity contribution is -0.385. The van der Waals surface area contributed by atoms with Crippen LogP contribution in [0.25, 0.3) is 16.7 Å². The number of hydrogen-bond acceptors (Lipinski definition) is 5. The fourth-order valence-corrected chi connectivity index (χ4v) is 4.66. The number of Topliss-reactive ketones (excluding diaryl/α,β-unsaturated/α-hetero) is 1. The van der Waals surface area contributed by atoms with Crippen molar-refractivity contribution in [2.24, 2.45) is 0 Å². The van der Waals surface area contributed by atoms with Gasteiger partial charge in [0.15, 0.2) is 0 Å². The predicted octanol–water partition coefficient (Wildman–Crippen LogP) is 4.88. The van der Waals surface area contributed by atoms with Gasteiger partial charge in [-0.3, -0.25) is 19.7 Å². The van der Waals surface area contributed by atoms with Gasteiger partial charge < -0.3 is 15.0 Å². The number of aliphatic hydroxyl groups is 1. The van der Waals surface area contributed by atoms with E-state index in [-0.39, 0.29) is 28.9 Å². The van der Waals surface area contributed by atoms with Crippen LogP contribution in [0.1, 0.15) is 22.7 Å². The molecule has 0 aliphatic carbocycles. The van der Waals surface area contributed by atoms with Crippen molar-refractivity contribution in [2.75, 3.05) is 6.54 Å². The first-order chi connectivity index (χ1) is 17.4. The Morgan fingerprint density at radius 1 is 1.03 bits per heavy atom. The van der Waals surface area contributed by atoms with Gasteiger partial charge in [0, 0.05) is 35.3 Å². The Hall–Kier alpha value is -4.79. The summed E-state index contributed by atoms with van der Waals surface area (Å²) in [7, 11) is 0. The molecule has 2 N–H and O–H groups in total. The number of fused-ring (bicyclic) bond motifs is 1. The molecule has 4 aromatic rings. The molecule has 180 valence electrons. The average Bonchev–Trinajstić information content (AvgIpc) is 3.41.